The summed E-state index contributed by atoms with van der Waals surface area (Å²) in [6.45, 7) is 2.16. The second-order valence-electron chi connectivity index (χ2n) is 4.03. The van der Waals surface area contributed by atoms with Crippen LogP contribution in [0.1, 0.15) is 12.8 Å². The van der Waals surface area contributed by atoms with Crippen molar-refractivity contribution in [3.63, 3.8) is 0 Å². The maximum absolute atomic E-state index is 12.2. The summed E-state index contributed by atoms with van der Waals surface area (Å²) in [5.74, 6) is 0.929. The molecule has 6 heteroatoms. The zero-order valence-corrected chi connectivity index (χ0v) is 10.3. The van der Waals surface area contributed by atoms with Gasteiger partial charge in [-0.3, -0.25) is 9.69 Å². The Labute approximate surface area is 101 Å². The van der Waals surface area contributed by atoms with Crippen molar-refractivity contribution in [1.82, 2.24) is 9.78 Å². The van der Waals surface area contributed by atoms with Gasteiger partial charge < -0.3 is 4.74 Å². The Morgan fingerprint density at radius 2 is 2.44 bits per heavy atom. The zero-order chi connectivity index (χ0) is 11.1. The summed E-state index contributed by atoms with van der Waals surface area (Å²) in [6.07, 6.45) is 3.28. The minimum absolute atomic E-state index is 0.0671. The van der Waals surface area contributed by atoms with Crippen LogP contribution in [0.4, 0.5) is 5.82 Å². The smallest absolute Gasteiger partial charge is 0.257 e. The van der Waals surface area contributed by atoms with Crippen LogP contribution in [0, 0.1) is 0 Å². The number of fused-ring (bicyclic) bond motifs is 1. The molecule has 1 atom stereocenters. The third-order valence-electron chi connectivity index (χ3n) is 3.03. The Hall–Kier alpha value is -0.880. The van der Waals surface area contributed by atoms with E-state index in [1.54, 1.807) is 11.1 Å². The van der Waals surface area contributed by atoms with Gasteiger partial charge in [0.25, 0.3) is 5.91 Å². The lowest BCUT2D eigenvalue weighted by Crippen LogP contribution is -2.37. The number of rotatable bonds is 1. The average molecular weight is 286 g/mol. The van der Waals surface area contributed by atoms with Gasteiger partial charge in [0.05, 0.1) is 17.2 Å². The van der Waals surface area contributed by atoms with Crippen LogP contribution in [-0.2, 0) is 16.1 Å². The Balaban J connectivity index is 1.86. The SMILES string of the molecule is O=C([C@H]1CCCO1)N1CCn2ncc(Br)c21. The molecule has 16 heavy (non-hydrogen) atoms. The Morgan fingerprint density at radius 1 is 1.56 bits per heavy atom. The first kappa shape index (κ1) is 10.3. The van der Waals surface area contributed by atoms with Gasteiger partial charge in [-0.1, -0.05) is 0 Å². The monoisotopic (exact) mass is 285 g/mol. The number of anilines is 1. The number of carbonyl (C=O) groups excluding carboxylic acids is 1. The van der Waals surface area contributed by atoms with E-state index in [9.17, 15) is 4.79 Å². The van der Waals surface area contributed by atoms with Crippen LogP contribution in [0.2, 0.25) is 0 Å². The lowest BCUT2D eigenvalue weighted by Gasteiger charge is -2.19. The molecule has 0 unspecified atom stereocenters. The van der Waals surface area contributed by atoms with Gasteiger partial charge in [0.1, 0.15) is 11.9 Å². The van der Waals surface area contributed by atoms with Crippen molar-refractivity contribution < 1.29 is 9.53 Å². The van der Waals surface area contributed by atoms with Crippen molar-refractivity contribution in [2.24, 2.45) is 0 Å². The molecule has 0 aliphatic carbocycles. The molecular formula is C10H12BrN3O2. The molecule has 1 saturated heterocycles. The maximum Gasteiger partial charge on any atom is 0.257 e. The molecule has 1 aromatic rings. The Morgan fingerprint density at radius 3 is 3.19 bits per heavy atom. The van der Waals surface area contributed by atoms with Crippen molar-refractivity contribution in [3.05, 3.63) is 10.7 Å². The van der Waals surface area contributed by atoms with Crippen LogP contribution in [0.5, 0.6) is 0 Å². The summed E-state index contributed by atoms with van der Waals surface area (Å²) in [7, 11) is 0. The fourth-order valence-corrected chi connectivity index (χ4v) is 2.76. The molecule has 1 amide bonds. The first-order valence-corrected chi connectivity index (χ1v) is 6.21. The molecule has 1 aromatic heterocycles. The van der Waals surface area contributed by atoms with Gasteiger partial charge in [-0.05, 0) is 28.8 Å². The molecule has 0 saturated carbocycles. The van der Waals surface area contributed by atoms with Crippen molar-refractivity contribution in [1.29, 1.82) is 0 Å². The first-order chi connectivity index (χ1) is 7.77. The highest BCUT2D eigenvalue weighted by molar-refractivity contribution is 9.10. The average Bonchev–Trinajstić information content (AvgIpc) is 2.95. The summed E-state index contributed by atoms with van der Waals surface area (Å²) in [6, 6.07) is 0. The van der Waals surface area contributed by atoms with Crippen molar-refractivity contribution in [3.8, 4) is 0 Å². The molecule has 0 spiro atoms. The molecule has 86 valence electrons. The number of ether oxygens (including phenoxy) is 1. The summed E-state index contributed by atoms with van der Waals surface area (Å²) in [4.78, 5) is 14.0. The van der Waals surface area contributed by atoms with Crippen LogP contribution in [0.3, 0.4) is 0 Å². The number of hydrogen-bond acceptors (Lipinski definition) is 3. The molecule has 2 aliphatic heterocycles. The number of amides is 1. The van der Waals surface area contributed by atoms with E-state index in [0.29, 0.717) is 13.2 Å². The molecule has 0 N–H and O–H groups in total. The van der Waals surface area contributed by atoms with Gasteiger partial charge in [0.15, 0.2) is 0 Å². The summed E-state index contributed by atoms with van der Waals surface area (Å²) >= 11 is 3.42. The third-order valence-corrected chi connectivity index (χ3v) is 3.59. The minimum Gasteiger partial charge on any atom is -0.368 e. The van der Waals surface area contributed by atoms with Crippen LogP contribution < -0.4 is 4.90 Å². The molecule has 0 bridgehead atoms. The second-order valence-corrected chi connectivity index (χ2v) is 4.89. The zero-order valence-electron chi connectivity index (χ0n) is 8.73. The summed E-state index contributed by atoms with van der Waals surface area (Å²) in [5.41, 5.74) is 0. The van der Waals surface area contributed by atoms with Crippen molar-refractivity contribution in [2.45, 2.75) is 25.5 Å². The molecule has 0 aromatic carbocycles. The van der Waals surface area contributed by atoms with Crippen LogP contribution in [0.15, 0.2) is 10.7 Å². The first-order valence-electron chi connectivity index (χ1n) is 5.41. The molecular weight excluding hydrogens is 274 g/mol. The highest BCUT2D eigenvalue weighted by atomic mass is 79.9. The standard InChI is InChI=1S/C10H12BrN3O2/c11-7-6-12-14-4-3-13(9(7)14)10(15)8-2-1-5-16-8/h6,8H,1-5H2/t8-/m1/s1. The topological polar surface area (TPSA) is 47.4 Å². The normalized spacial score (nSPS) is 23.8. The Bertz CT molecular complexity index is 426. The van der Waals surface area contributed by atoms with E-state index in [0.717, 1.165) is 29.7 Å². The highest BCUT2D eigenvalue weighted by Crippen LogP contribution is 2.31. The largest absolute Gasteiger partial charge is 0.368 e. The van der Waals surface area contributed by atoms with E-state index in [-0.39, 0.29) is 12.0 Å². The third kappa shape index (κ3) is 1.48. The predicted octanol–water partition coefficient (Wildman–Crippen LogP) is 1.17. The van der Waals surface area contributed by atoms with E-state index < -0.39 is 0 Å². The lowest BCUT2D eigenvalue weighted by atomic mass is 10.2. The molecule has 3 heterocycles. The lowest BCUT2D eigenvalue weighted by molar-refractivity contribution is -0.127. The van der Waals surface area contributed by atoms with Crippen LogP contribution in [-0.4, -0.2) is 34.9 Å². The minimum atomic E-state index is -0.256. The molecule has 1 fully saturated rings. The molecule has 2 aliphatic rings. The van der Waals surface area contributed by atoms with E-state index in [1.807, 2.05) is 4.68 Å². The number of nitrogens with zero attached hydrogens (tertiary/aromatic N) is 3. The summed E-state index contributed by atoms with van der Waals surface area (Å²) < 4.78 is 8.14. The van der Waals surface area contributed by atoms with E-state index >= 15 is 0 Å². The number of aromatic nitrogens is 2. The fraction of sp³-hybridized carbons (Fsp3) is 0.600. The van der Waals surface area contributed by atoms with Crippen LogP contribution >= 0.6 is 15.9 Å². The summed E-state index contributed by atoms with van der Waals surface area (Å²) in [5, 5.41) is 4.19. The number of hydrogen-bond donors (Lipinski definition) is 0. The van der Waals surface area contributed by atoms with Gasteiger partial charge >= 0.3 is 0 Å². The van der Waals surface area contributed by atoms with E-state index in [2.05, 4.69) is 21.0 Å². The molecule has 3 rings (SSSR count). The van der Waals surface area contributed by atoms with E-state index in [4.69, 9.17) is 4.74 Å². The van der Waals surface area contributed by atoms with Gasteiger partial charge in [-0.25, -0.2) is 4.68 Å². The quantitative estimate of drug-likeness (QED) is 0.778. The fourth-order valence-electron chi connectivity index (χ4n) is 2.25. The maximum atomic E-state index is 12.2. The van der Waals surface area contributed by atoms with Crippen LogP contribution in [0.25, 0.3) is 0 Å². The number of carbonyl (C=O) groups is 1. The van der Waals surface area contributed by atoms with Crippen molar-refractivity contribution >= 4 is 27.7 Å². The van der Waals surface area contributed by atoms with Gasteiger partial charge in [-0.2, -0.15) is 5.10 Å². The molecule has 5 nitrogen and oxygen atoms in total. The van der Waals surface area contributed by atoms with Gasteiger partial charge in [-0.15, -0.1) is 0 Å². The Kier molecular flexibility index (Phi) is 2.48. The highest BCUT2D eigenvalue weighted by Gasteiger charge is 2.34. The van der Waals surface area contributed by atoms with Gasteiger partial charge in [0, 0.05) is 13.2 Å². The van der Waals surface area contributed by atoms with Gasteiger partial charge in [0.2, 0.25) is 0 Å². The van der Waals surface area contributed by atoms with E-state index in [1.165, 1.54) is 0 Å². The number of halogens is 1. The second kappa shape index (κ2) is 3.85. The predicted molar refractivity (Wildman–Crippen MR) is 61.3 cm³/mol. The molecule has 0 radical (unpaired) electrons. The van der Waals surface area contributed by atoms with Crippen molar-refractivity contribution in [2.75, 3.05) is 18.1 Å².